The van der Waals surface area contributed by atoms with Crippen LogP contribution in [0.15, 0.2) is 42.6 Å². The molecule has 1 unspecified atom stereocenters. The maximum absolute atomic E-state index is 12.9. The van der Waals surface area contributed by atoms with E-state index in [1.165, 1.54) is 12.3 Å². The van der Waals surface area contributed by atoms with Gasteiger partial charge in [-0.15, -0.1) is 0 Å². The van der Waals surface area contributed by atoms with E-state index in [1.54, 1.807) is 6.07 Å². The second-order valence-corrected chi connectivity index (χ2v) is 6.77. The van der Waals surface area contributed by atoms with Gasteiger partial charge in [0.15, 0.2) is 0 Å². The predicted molar refractivity (Wildman–Crippen MR) is 101 cm³/mol. The van der Waals surface area contributed by atoms with Gasteiger partial charge in [0, 0.05) is 11.6 Å². The van der Waals surface area contributed by atoms with E-state index in [-0.39, 0.29) is 17.8 Å². The smallest absolute Gasteiger partial charge is 0.322 e. The fraction of sp³-hybridized carbons (Fsp3) is 0.316. The summed E-state index contributed by atoms with van der Waals surface area (Å²) < 4.78 is 0. The maximum atomic E-state index is 12.9. The Balaban J connectivity index is 1.77. The van der Waals surface area contributed by atoms with Crippen LogP contribution < -0.4 is 11.1 Å². The van der Waals surface area contributed by atoms with Gasteiger partial charge in [-0.3, -0.25) is 4.79 Å². The third-order valence-electron chi connectivity index (χ3n) is 4.54. The first-order chi connectivity index (χ1) is 12.5. The molecular formula is C19H21ClN4O2. The molecule has 0 bridgehead atoms. The number of halogens is 1. The van der Waals surface area contributed by atoms with E-state index in [9.17, 15) is 9.59 Å². The maximum Gasteiger partial charge on any atom is 0.322 e. The fourth-order valence-electron chi connectivity index (χ4n) is 3.19. The lowest BCUT2D eigenvalue weighted by molar-refractivity contribution is 0.0995. The summed E-state index contributed by atoms with van der Waals surface area (Å²) in [5.41, 5.74) is 6.95. The lowest BCUT2D eigenvalue weighted by Gasteiger charge is -2.30. The number of aromatic nitrogens is 1. The molecule has 0 spiro atoms. The molecule has 136 valence electrons. The van der Waals surface area contributed by atoms with Crippen LogP contribution in [-0.2, 0) is 0 Å². The van der Waals surface area contributed by atoms with Crippen LogP contribution in [0.5, 0.6) is 0 Å². The summed E-state index contributed by atoms with van der Waals surface area (Å²) in [5.74, 6) is -0.599. The second kappa shape index (κ2) is 8.19. The first kappa shape index (κ1) is 18.2. The number of carbonyl (C=O) groups excluding carboxylic acids is 2. The van der Waals surface area contributed by atoms with Gasteiger partial charge in [-0.05, 0) is 42.7 Å². The quantitative estimate of drug-likeness (QED) is 0.853. The first-order valence-electron chi connectivity index (χ1n) is 8.63. The number of nitrogens with two attached hydrogens (primary N) is 1. The number of rotatable bonds is 3. The zero-order valence-electron chi connectivity index (χ0n) is 14.3. The number of primary amides is 1. The number of carbonyl (C=O) groups is 2. The van der Waals surface area contributed by atoms with Crippen molar-refractivity contribution < 1.29 is 9.59 Å². The summed E-state index contributed by atoms with van der Waals surface area (Å²) in [4.78, 5) is 29.8. The summed E-state index contributed by atoms with van der Waals surface area (Å²) in [6.07, 6.45) is 5.49. The van der Waals surface area contributed by atoms with E-state index >= 15 is 0 Å². The van der Waals surface area contributed by atoms with Crippen molar-refractivity contribution in [3.63, 3.8) is 0 Å². The summed E-state index contributed by atoms with van der Waals surface area (Å²) in [7, 11) is 0. The van der Waals surface area contributed by atoms with Crippen molar-refractivity contribution in [3.8, 4) is 0 Å². The molecule has 0 saturated carbocycles. The Morgan fingerprint density at radius 2 is 1.88 bits per heavy atom. The van der Waals surface area contributed by atoms with Crippen molar-refractivity contribution in [1.82, 2.24) is 9.88 Å². The molecule has 2 heterocycles. The molecule has 1 aliphatic rings. The van der Waals surface area contributed by atoms with E-state index in [0.29, 0.717) is 17.3 Å². The fourth-order valence-corrected chi connectivity index (χ4v) is 3.32. The van der Waals surface area contributed by atoms with Gasteiger partial charge in [0.25, 0.3) is 5.91 Å². The highest BCUT2D eigenvalue weighted by molar-refractivity contribution is 6.30. The van der Waals surface area contributed by atoms with Crippen LogP contribution >= 0.6 is 11.6 Å². The molecule has 26 heavy (non-hydrogen) atoms. The Morgan fingerprint density at radius 1 is 1.12 bits per heavy atom. The van der Waals surface area contributed by atoms with Crippen LogP contribution in [0, 0.1) is 0 Å². The molecule has 1 fully saturated rings. The van der Waals surface area contributed by atoms with E-state index in [2.05, 4.69) is 10.3 Å². The molecule has 1 aromatic heterocycles. The Hall–Kier alpha value is -2.60. The topological polar surface area (TPSA) is 88.3 Å². The number of amides is 3. The molecule has 7 heteroatoms. The first-order valence-corrected chi connectivity index (χ1v) is 9.01. The SMILES string of the molecule is NC(=O)c1ccc(NC(=O)N2CCCCCC2c2ccc(Cl)cc2)cn1. The Kier molecular flexibility index (Phi) is 5.73. The highest BCUT2D eigenvalue weighted by atomic mass is 35.5. The Morgan fingerprint density at radius 3 is 2.54 bits per heavy atom. The summed E-state index contributed by atoms with van der Waals surface area (Å²) in [6.45, 7) is 0.686. The van der Waals surface area contributed by atoms with Gasteiger partial charge in [-0.1, -0.05) is 36.6 Å². The third kappa shape index (κ3) is 4.32. The van der Waals surface area contributed by atoms with Gasteiger partial charge in [0.2, 0.25) is 0 Å². The van der Waals surface area contributed by atoms with E-state index in [0.717, 1.165) is 31.2 Å². The average Bonchev–Trinajstić information content (AvgIpc) is 2.89. The molecule has 1 aliphatic heterocycles. The number of pyridine rings is 1. The minimum Gasteiger partial charge on any atom is -0.364 e. The van der Waals surface area contributed by atoms with Crippen LogP contribution in [0.3, 0.4) is 0 Å². The molecule has 0 aliphatic carbocycles. The van der Waals surface area contributed by atoms with Crippen LogP contribution in [0.4, 0.5) is 10.5 Å². The van der Waals surface area contributed by atoms with Crippen molar-refractivity contribution >= 4 is 29.2 Å². The number of anilines is 1. The zero-order chi connectivity index (χ0) is 18.5. The Bertz CT molecular complexity index is 777. The van der Waals surface area contributed by atoms with Gasteiger partial charge in [-0.25, -0.2) is 9.78 Å². The van der Waals surface area contributed by atoms with Gasteiger partial charge in [-0.2, -0.15) is 0 Å². The number of hydrogen-bond acceptors (Lipinski definition) is 3. The van der Waals surface area contributed by atoms with Gasteiger partial charge in [0.05, 0.1) is 17.9 Å². The van der Waals surface area contributed by atoms with Crippen molar-refractivity contribution in [2.45, 2.75) is 31.7 Å². The zero-order valence-corrected chi connectivity index (χ0v) is 15.1. The number of nitrogens with zero attached hydrogens (tertiary/aromatic N) is 2. The highest BCUT2D eigenvalue weighted by Crippen LogP contribution is 2.31. The molecule has 3 rings (SSSR count). The average molecular weight is 373 g/mol. The molecule has 6 nitrogen and oxygen atoms in total. The number of nitrogens with one attached hydrogen (secondary N) is 1. The van der Waals surface area contributed by atoms with E-state index in [1.807, 2.05) is 29.2 Å². The molecule has 2 aromatic rings. The molecule has 0 radical (unpaired) electrons. The van der Waals surface area contributed by atoms with Gasteiger partial charge >= 0.3 is 6.03 Å². The number of urea groups is 1. The molecule has 3 amide bonds. The standard InChI is InChI=1S/C19H21ClN4O2/c20-14-7-5-13(6-8-14)17-4-2-1-3-11-24(17)19(26)23-15-9-10-16(18(21)25)22-12-15/h5-10,12,17H,1-4,11H2,(H2,21,25)(H,23,26). The van der Waals surface area contributed by atoms with Crippen molar-refractivity contribution in [2.24, 2.45) is 5.73 Å². The van der Waals surface area contributed by atoms with Crippen LogP contribution in [0.1, 0.15) is 47.8 Å². The predicted octanol–water partition coefficient (Wildman–Crippen LogP) is 3.98. The number of likely N-dealkylation sites (tertiary alicyclic amines) is 1. The van der Waals surface area contributed by atoms with Crippen molar-refractivity contribution in [3.05, 3.63) is 58.9 Å². The van der Waals surface area contributed by atoms with Crippen LogP contribution in [0.25, 0.3) is 0 Å². The number of hydrogen-bond donors (Lipinski definition) is 2. The molecule has 1 atom stereocenters. The summed E-state index contributed by atoms with van der Waals surface area (Å²) >= 11 is 5.99. The lowest BCUT2D eigenvalue weighted by atomic mass is 10.0. The van der Waals surface area contributed by atoms with Gasteiger partial charge in [0.1, 0.15) is 5.69 Å². The normalized spacial score (nSPS) is 17.4. The van der Waals surface area contributed by atoms with E-state index < -0.39 is 5.91 Å². The van der Waals surface area contributed by atoms with Gasteiger partial charge < -0.3 is 16.0 Å². The summed E-state index contributed by atoms with van der Waals surface area (Å²) in [5, 5.41) is 3.54. The molecule has 1 aromatic carbocycles. The molecule has 1 saturated heterocycles. The van der Waals surface area contributed by atoms with Crippen LogP contribution in [0.2, 0.25) is 5.02 Å². The highest BCUT2D eigenvalue weighted by Gasteiger charge is 2.27. The lowest BCUT2D eigenvalue weighted by Crippen LogP contribution is -2.38. The van der Waals surface area contributed by atoms with E-state index in [4.69, 9.17) is 17.3 Å². The van der Waals surface area contributed by atoms with Crippen molar-refractivity contribution in [2.75, 3.05) is 11.9 Å². The monoisotopic (exact) mass is 372 g/mol. The van der Waals surface area contributed by atoms with Crippen molar-refractivity contribution in [1.29, 1.82) is 0 Å². The minimum absolute atomic E-state index is 0.00705. The minimum atomic E-state index is -0.599. The molecule has 3 N–H and O–H groups in total. The number of benzene rings is 1. The van der Waals surface area contributed by atoms with Crippen LogP contribution in [-0.4, -0.2) is 28.4 Å². The molecular weight excluding hydrogens is 352 g/mol. The summed E-state index contributed by atoms with van der Waals surface area (Å²) in [6, 6.07) is 10.6. The largest absolute Gasteiger partial charge is 0.364 e. The third-order valence-corrected chi connectivity index (χ3v) is 4.79. The Labute approximate surface area is 157 Å². The second-order valence-electron chi connectivity index (χ2n) is 6.34.